The van der Waals surface area contributed by atoms with Crippen LogP contribution in [0.2, 0.25) is 0 Å². The molecule has 0 aliphatic rings. The van der Waals surface area contributed by atoms with Crippen molar-refractivity contribution in [3.05, 3.63) is 22.4 Å². The Hall–Kier alpha value is -0.340. The number of thiophene rings is 1. The Morgan fingerprint density at radius 1 is 1.42 bits per heavy atom. The van der Waals surface area contributed by atoms with E-state index in [0.717, 1.165) is 13.1 Å². The molecule has 0 bridgehead atoms. The van der Waals surface area contributed by atoms with Crippen LogP contribution >= 0.6 is 11.3 Å². The van der Waals surface area contributed by atoms with Crippen LogP contribution in [0.4, 0.5) is 0 Å². The zero-order valence-corrected chi connectivity index (χ0v) is 8.87. The first-order chi connectivity index (χ1) is 5.58. The number of rotatable bonds is 3. The molecule has 2 heteroatoms. The van der Waals surface area contributed by atoms with Gasteiger partial charge in [-0.2, -0.15) is 0 Å². The van der Waals surface area contributed by atoms with Gasteiger partial charge in [0.25, 0.3) is 0 Å². The van der Waals surface area contributed by atoms with Crippen LogP contribution in [0.15, 0.2) is 17.5 Å². The standard InChI is InChI=1S/C10H17NS/c1-10(2,3)8-11-7-9-5-4-6-12-9/h4-6,11H,7-8H2,1-3H3. The molecule has 0 aliphatic heterocycles. The lowest BCUT2D eigenvalue weighted by molar-refractivity contribution is 0.380. The first-order valence-corrected chi connectivity index (χ1v) is 5.19. The molecule has 0 radical (unpaired) electrons. The molecule has 0 unspecified atom stereocenters. The molecule has 68 valence electrons. The average molecular weight is 183 g/mol. The second kappa shape index (κ2) is 4.06. The molecule has 1 aromatic heterocycles. The fourth-order valence-electron chi connectivity index (χ4n) is 0.974. The Labute approximate surface area is 78.8 Å². The second-order valence-electron chi connectivity index (χ2n) is 4.24. The normalized spacial score (nSPS) is 11.9. The molecule has 1 aromatic rings. The minimum absolute atomic E-state index is 0.386. The predicted molar refractivity (Wildman–Crippen MR) is 55.5 cm³/mol. The molecule has 0 saturated carbocycles. The van der Waals surface area contributed by atoms with Crippen molar-refractivity contribution in [1.29, 1.82) is 0 Å². The molecule has 0 spiro atoms. The summed E-state index contributed by atoms with van der Waals surface area (Å²) in [6, 6.07) is 4.26. The molecule has 1 N–H and O–H groups in total. The molecule has 1 heterocycles. The Balaban J connectivity index is 2.20. The van der Waals surface area contributed by atoms with E-state index in [4.69, 9.17) is 0 Å². The van der Waals surface area contributed by atoms with E-state index in [9.17, 15) is 0 Å². The van der Waals surface area contributed by atoms with Gasteiger partial charge in [-0.05, 0) is 16.9 Å². The maximum atomic E-state index is 3.44. The first-order valence-electron chi connectivity index (χ1n) is 4.31. The molecule has 0 aromatic carbocycles. The maximum Gasteiger partial charge on any atom is 0.0299 e. The van der Waals surface area contributed by atoms with Crippen molar-refractivity contribution in [2.45, 2.75) is 27.3 Å². The minimum atomic E-state index is 0.386. The van der Waals surface area contributed by atoms with Crippen molar-refractivity contribution in [2.24, 2.45) is 5.41 Å². The molecule has 1 rings (SSSR count). The zero-order valence-electron chi connectivity index (χ0n) is 8.05. The Morgan fingerprint density at radius 3 is 2.67 bits per heavy atom. The minimum Gasteiger partial charge on any atom is -0.311 e. The van der Waals surface area contributed by atoms with Crippen LogP contribution in [0.1, 0.15) is 25.6 Å². The lowest BCUT2D eigenvalue weighted by atomic mass is 9.97. The van der Waals surface area contributed by atoms with Crippen LogP contribution in [-0.4, -0.2) is 6.54 Å². The first kappa shape index (κ1) is 9.75. The summed E-state index contributed by atoms with van der Waals surface area (Å²) in [5, 5.41) is 5.56. The zero-order chi connectivity index (χ0) is 9.03. The van der Waals surface area contributed by atoms with Gasteiger partial charge in [0.2, 0.25) is 0 Å². The highest BCUT2D eigenvalue weighted by Gasteiger charge is 2.08. The van der Waals surface area contributed by atoms with Gasteiger partial charge >= 0.3 is 0 Å². The summed E-state index contributed by atoms with van der Waals surface area (Å²) >= 11 is 1.81. The SMILES string of the molecule is CC(C)(C)CNCc1cccs1. The third-order valence-corrected chi connectivity index (χ3v) is 2.41. The summed E-state index contributed by atoms with van der Waals surface area (Å²) in [6.07, 6.45) is 0. The summed E-state index contributed by atoms with van der Waals surface area (Å²) in [7, 11) is 0. The second-order valence-corrected chi connectivity index (χ2v) is 5.28. The van der Waals surface area contributed by atoms with E-state index >= 15 is 0 Å². The molecule has 12 heavy (non-hydrogen) atoms. The quantitative estimate of drug-likeness (QED) is 0.760. The van der Waals surface area contributed by atoms with Gasteiger partial charge in [-0.3, -0.25) is 0 Å². The third-order valence-electron chi connectivity index (χ3n) is 1.53. The van der Waals surface area contributed by atoms with E-state index in [1.54, 1.807) is 0 Å². The third kappa shape index (κ3) is 3.88. The summed E-state index contributed by atoms with van der Waals surface area (Å²) in [5.41, 5.74) is 0.386. The van der Waals surface area contributed by atoms with Gasteiger partial charge in [-0.25, -0.2) is 0 Å². The number of hydrogen-bond donors (Lipinski definition) is 1. The van der Waals surface area contributed by atoms with Gasteiger partial charge in [-0.15, -0.1) is 11.3 Å². The largest absolute Gasteiger partial charge is 0.311 e. The van der Waals surface area contributed by atoms with E-state index in [-0.39, 0.29) is 0 Å². The summed E-state index contributed by atoms with van der Waals surface area (Å²) in [4.78, 5) is 1.42. The molecule has 0 aliphatic carbocycles. The van der Waals surface area contributed by atoms with E-state index < -0.39 is 0 Å². The summed E-state index contributed by atoms with van der Waals surface area (Å²) < 4.78 is 0. The summed E-state index contributed by atoms with van der Waals surface area (Å²) in [6.45, 7) is 8.82. The van der Waals surface area contributed by atoms with Crippen molar-refractivity contribution in [3.63, 3.8) is 0 Å². The van der Waals surface area contributed by atoms with Gasteiger partial charge in [0.1, 0.15) is 0 Å². The van der Waals surface area contributed by atoms with E-state index in [0.29, 0.717) is 5.41 Å². The monoisotopic (exact) mass is 183 g/mol. The predicted octanol–water partition coefficient (Wildman–Crippen LogP) is 2.88. The Bertz CT molecular complexity index is 208. The van der Waals surface area contributed by atoms with Gasteiger partial charge in [-0.1, -0.05) is 26.8 Å². The van der Waals surface area contributed by atoms with Crippen molar-refractivity contribution in [2.75, 3.05) is 6.54 Å². The van der Waals surface area contributed by atoms with Crippen molar-refractivity contribution in [3.8, 4) is 0 Å². The molecular weight excluding hydrogens is 166 g/mol. The van der Waals surface area contributed by atoms with Crippen LogP contribution in [0.5, 0.6) is 0 Å². The molecule has 1 nitrogen and oxygen atoms in total. The highest BCUT2D eigenvalue weighted by atomic mass is 32.1. The van der Waals surface area contributed by atoms with Gasteiger partial charge in [0, 0.05) is 18.0 Å². The van der Waals surface area contributed by atoms with Crippen molar-refractivity contribution >= 4 is 11.3 Å². The van der Waals surface area contributed by atoms with Crippen LogP contribution in [-0.2, 0) is 6.54 Å². The highest BCUT2D eigenvalue weighted by molar-refractivity contribution is 7.09. The molecule has 0 fully saturated rings. The van der Waals surface area contributed by atoms with Crippen molar-refractivity contribution in [1.82, 2.24) is 5.32 Å². The van der Waals surface area contributed by atoms with Crippen LogP contribution in [0.3, 0.4) is 0 Å². The van der Waals surface area contributed by atoms with Gasteiger partial charge in [0.05, 0.1) is 0 Å². The summed E-state index contributed by atoms with van der Waals surface area (Å²) in [5.74, 6) is 0. The van der Waals surface area contributed by atoms with Gasteiger partial charge < -0.3 is 5.32 Å². The Kier molecular flexibility index (Phi) is 3.29. The topological polar surface area (TPSA) is 12.0 Å². The van der Waals surface area contributed by atoms with Gasteiger partial charge in [0.15, 0.2) is 0 Å². The smallest absolute Gasteiger partial charge is 0.0299 e. The van der Waals surface area contributed by atoms with E-state index in [1.807, 2.05) is 11.3 Å². The van der Waals surface area contributed by atoms with Crippen molar-refractivity contribution < 1.29 is 0 Å². The lowest BCUT2D eigenvalue weighted by Crippen LogP contribution is -2.25. The molecular formula is C10H17NS. The van der Waals surface area contributed by atoms with Crippen LogP contribution in [0, 0.1) is 5.41 Å². The van der Waals surface area contributed by atoms with Crippen LogP contribution < -0.4 is 5.32 Å². The molecule has 0 saturated heterocycles. The van der Waals surface area contributed by atoms with Crippen LogP contribution in [0.25, 0.3) is 0 Å². The van der Waals surface area contributed by atoms with E-state index in [2.05, 4.69) is 43.6 Å². The maximum absolute atomic E-state index is 3.44. The molecule has 0 amide bonds. The fourth-order valence-corrected chi connectivity index (χ4v) is 1.65. The molecule has 0 atom stereocenters. The average Bonchev–Trinajstić information content (AvgIpc) is 2.36. The Morgan fingerprint density at radius 2 is 2.17 bits per heavy atom. The fraction of sp³-hybridized carbons (Fsp3) is 0.600. The lowest BCUT2D eigenvalue weighted by Gasteiger charge is -2.18. The van der Waals surface area contributed by atoms with E-state index in [1.165, 1.54) is 4.88 Å². The number of nitrogens with one attached hydrogen (secondary N) is 1. The number of hydrogen-bond acceptors (Lipinski definition) is 2. The highest BCUT2D eigenvalue weighted by Crippen LogP contribution is 2.12.